The fourth-order valence-corrected chi connectivity index (χ4v) is 1.44. The molecule has 0 saturated heterocycles. The molecule has 3 nitrogen and oxygen atoms in total. The average Bonchev–Trinajstić information content (AvgIpc) is 1.85. The van der Waals surface area contributed by atoms with Crippen molar-refractivity contribution in [2.24, 2.45) is 5.41 Å². The van der Waals surface area contributed by atoms with Crippen molar-refractivity contribution in [1.82, 2.24) is 0 Å². The maximum absolute atomic E-state index is 11.2. The lowest BCUT2D eigenvalue weighted by molar-refractivity contribution is 0.0900. The Labute approximate surface area is 74.7 Å². The monoisotopic (exact) mass is 194 g/mol. The molecule has 0 bridgehead atoms. The van der Waals surface area contributed by atoms with Crippen LogP contribution in [0.15, 0.2) is 0 Å². The zero-order chi connectivity index (χ0) is 9.99. The molecule has 74 valence electrons. The van der Waals surface area contributed by atoms with E-state index in [1.807, 2.05) is 27.7 Å². The minimum Gasteiger partial charge on any atom is -0.324 e. The zero-order valence-electron chi connectivity index (χ0n) is 8.50. The van der Waals surface area contributed by atoms with Crippen LogP contribution in [-0.2, 0) is 9.09 Å². The van der Waals surface area contributed by atoms with Gasteiger partial charge in [-0.3, -0.25) is 4.57 Å². The summed E-state index contributed by atoms with van der Waals surface area (Å²) in [5.74, 6) is 0. The minimum atomic E-state index is -3.33. The molecule has 0 aliphatic rings. The van der Waals surface area contributed by atoms with Crippen LogP contribution in [0.4, 0.5) is 0 Å². The average molecular weight is 194 g/mol. The van der Waals surface area contributed by atoms with Gasteiger partial charge in [0, 0.05) is 6.16 Å². The van der Waals surface area contributed by atoms with Crippen molar-refractivity contribution in [2.45, 2.75) is 40.7 Å². The highest BCUT2D eigenvalue weighted by Gasteiger charge is 2.28. The molecule has 0 amide bonds. The van der Waals surface area contributed by atoms with Crippen molar-refractivity contribution >= 4 is 7.60 Å². The van der Waals surface area contributed by atoms with E-state index in [1.54, 1.807) is 6.92 Å². The number of rotatable bonds is 3. The molecule has 0 aliphatic carbocycles. The molecule has 0 spiro atoms. The van der Waals surface area contributed by atoms with Crippen molar-refractivity contribution in [3.05, 3.63) is 0 Å². The first-order chi connectivity index (χ1) is 5.19. The standard InChI is InChI=1S/C8H19O3P/c1-6-12(9,10)11-7(2)8(3,4)5/h7H,6H2,1-5H3,(H,9,10). The second kappa shape index (κ2) is 3.91. The second-order valence-corrected chi connectivity index (χ2v) is 6.19. The molecular weight excluding hydrogens is 175 g/mol. The summed E-state index contributed by atoms with van der Waals surface area (Å²) in [4.78, 5) is 9.19. The summed E-state index contributed by atoms with van der Waals surface area (Å²) < 4.78 is 16.2. The maximum Gasteiger partial charge on any atom is 0.328 e. The van der Waals surface area contributed by atoms with Gasteiger partial charge in [-0.1, -0.05) is 27.7 Å². The van der Waals surface area contributed by atoms with Crippen LogP contribution >= 0.6 is 7.60 Å². The van der Waals surface area contributed by atoms with Gasteiger partial charge in [0.1, 0.15) is 0 Å². The van der Waals surface area contributed by atoms with Crippen molar-refractivity contribution in [3.8, 4) is 0 Å². The van der Waals surface area contributed by atoms with E-state index in [0.29, 0.717) is 0 Å². The fraction of sp³-hybridized carbons (Fsp3) is 1.00. The van der Waals surface area contributed by atoms with Gasteiger partial charge >= 0.3 is 7.60 Å². The number of hydrogen-bond acceptors (Lipinski definition) is 2. The van der Waals surface area contributed by atoms with Crippen molar-refractivity contribution in [1.29, 1.82) is 0 Å². The Morgan fingerprint density at radius 2 is 1.92 bits per heavy atom. The summed E-state index contributed by atoms with van der Waals surface area (Å²) in [7, 11) is -3.33. The summed E-state index contributed by atoms with van der Waals surface area (Å²) in [6.45, 7) is 9.41. The van der Waals surface area contributed by atoms with E-state index >= 15 is 0 Å². The SMILES string of the molecule is CCP(=O)(O)OC(C)C(C)(C)C. The summed E-state index contributed by atoms with van der Waals surface area (Å²) in [5.41, 5.74) is -0.0897. The van der Waals surface area contributed by atoms with Crippen LogP contribution in [0.5, 0.6) is 0 Å². The molecule has 0 aromatic rings. The quantitative estimate of drug-likeness (QED) is 0.702. The van der Waals surface area contributed by atoms with Gasteiger partial charge in [0.25, 0.3) is 0 Å². The van der Waals surface area contributed by atoms with Gasteiger partial charge in [0.2, 0.25) is 0 Å². The topological polar surface area (TPSA) is 46.5 Å². The van der Waals surface area contributed by atoms with Gasteiger partial charge in [-0.15, -0.1) is 0 Å². The van der Waals surface area contributed by atoms with Crippen molar-refractivity contribution in [3.63, 3.8) is 0 Å². The predicted molar refractivity (Wildman–Crippen MR) is 50.4 cm³/mol. The smallest absolute Gasteiger partial charge is 0.324 e. The van der Waals surface area contributed by atoms with E-state index in [-0.39, 0.29) is 17.7 Å². The summed E-state index contributed by atoms with van der Waals surface area (Å²) >= 11 is 0. The van der Waals surface area contributed by atoms with E-state index in [1.165, 1.54) is 0 Å². The zero-order valence-corrected chi connectivity index (χ0v) is 9.39. The normalized spacial score (nSPS) is 20.2. The lowest BCUT2D eigenvalue weighted by atomic mass is 9.91. The highest BCUT2D eigenvalue weighted by Crippen LogP contribution is 2.45. The Morgan fingerprint density at radius 3 is 2.17 bits per heavy atom. The molecule has 0 aromatic carbocycles. The van der Waals surface area contributed by atoms with Crippen LogP contribution in [-0.4, -0.2) is 17.2 Å². The summed E-state index contributed by atoms with van der Waals surface area (Å²) in [6, 6.07) is 0. The molecular formula is C8H19O3P. The molecule has 0 rings (SSSR count). The molecule has 0 radical (unpaired) electrons. The third-order valence-electron chi connectivity index (χ3n) is 1.94. The first-order valence-corrected chi connectivity index (χ1v) is 5.95. The molecule has 0 aromatic heterocycles. The summed E-state index contributed by atoms with van der Waals surface area (Å²) in [6.07, 6.45) is -0.0266. The van der Waals surface area contributed by atoms with Crippen LogP contribution in [0.2, 0.25) is 0 Å². The van der Waals surface area contributed by atoms with Gasteiger partial charge in [0.15, 0.2) is 0 Å². The largest absolute Gasteiger partial charge is 0.328 e. The Morgan fingerprint density at radius 1 is 1.50 bits per heavy atom. The van der Waals surface area contributed by atoms with Gasteiger partial charge in [-0.05, 0) is 12.3 Å². The van der Waals surface area contributed by atoms with E-state index in [4.69, 9.17) is 4.52 Å². The van der Waals surface area contributed by atoms with Crippen molar-refractivity contribution in [2.75, 3.05) is 6.16 Å². The Kier molecular flexibility index (Phi) is 3.95. The van der Waals surface area contributed by atoms with Crippen LogP contribution in [0.25, 0.3) is 0 Å². The first kappa shape index (κ1) is 12.2. The molecule has 0 fully saturated rings. The van der Waals surface area contributed by atoms with E-state index in [0.717, 1.165) is 0 Å². The maximum atomic E-state index is 11.2. The van der Waals surface area contributed by atoms with Gasteiger partial charge < -0.3 is 9.42 Å². The van der Waals surface area contributed by atoms with Crippen LogP contribution < -0.4 is 0 Å². The van der Waals surface area contributed by atoms with E-state index in [9.17, 15) is 9.46 Å². The predicted octanol–water partition coefficient (Wildman–Crippen LogP) is 2.64. The van der Waals surface area contributed by atoms with Crippen LogP contribution in [0.3, 0.4) is 0 Å². The third-order valence-corrected chi connectivity index (χ3v) is 3.39. The Hall–Kier alpha value is 0.150. The van der Waals surface area contributed by atoms with Crippen molar-refractivity contribution < 1.29 is 14.0 Å². The molecule has 2 atom stereocenters. The first-order valence-electron chi connectivity index (χ1n) is 4.19. The third kappa shape index (κ3) is 4.24. The Balaban J connectivity index is 4.19. The van der Waals surface area contributed by atoms with Crippen LogP contribution in [0, 0.1) is 5.41 Å². The molecule has 4 heteroatoms. The fourth-order valence-electron chi connectivity index (χ4n) is 0.480. The van der Waals surface area contributed by atoms with Crippen LogP contribution in [0.1, 0.15) is 34.6 Å². The number of hydrogen-bond donors (Lipinski definition) is 1. The lowest BCUT2D eigenvalue weighted by Crippen LogP contribution is -2.25. The minimum absolute atomic E-state index is 0.0897. The molecule has 12 heavy (non-hydrogen) atoms. The molecule has 1 N–H and O–H groups in total. The molecule has 0 heterocycles. The molecule has 2 unspecified atom stereocenters. The van der Waals surface area contributed by atoms with Gasteiger partial charge in [0.05, 0.1) is 6.10 Å². The second-order valence-electron chi connectivity index (χ2n) is 4.07. The van der Waals surface area contributed by atoms with Gasteiger partial charge in [-0.25, -0.2) is 0 Å². The Bertz CT molecular complexity index is 183. The highest BCUT2D eigenvalue weighted by molar-refractivity contribution is 7.52. The van der Waals surface area contributed by atoms with Gasteiger partial charge in [-0.2, -0.15) is 0 Å². The summed E-state index contributed by atoms with van der Waals surface area (Å²) in [5, 5.41) is 0. The molecule has 0 saturated carbocycles. The highest BCUT2D eigenvalue weighted by atomic mass is 31.2. The lowest BCUT2D eigenvalue weighted by Gasteiger charge is -2.28. The van der Waals surface area contributed by atoms with E-state index in [2.05, 4.69) is 0 Å². The molecule has 0 aliphatic heterocycles. The van der Waals surface area contributed by atoms with E-state index < -0.39 is 7.60 Å².